The highest BCUT2D eigenvalue weighted by atomic mass is 35.5. The van der Waals surface area contributed by atoms with Gasteiger partial charge in [-0.2, -0.15) is 0 Å². The Hall–Kier alpha value is -12.9. The summed E-state index contributed by atoms with van der Waals surface area (Å²) in [5, 5.41) is 30.7. The smallest absolute Gasteiger partial charge is 0.328 e. The van der Waals surface area contributed by atoms with E-state index in [0.29, 0.717) is 86.1 Å². The second-order valence-electron chi connectivity index (χ2n) is 33.0. The lowest BCUT2D eigenvalue weighted by molar-refractivity contribution is -0.146. The summed E-state index contributed by atoms with van der Waals surface area (Å²) in [6, 6.07) is 63.3. The summed E-state index contributed by atoms with van der Waals surface area (Å²) in [5.41, 5.74) is 6.74. The maximum absolute atomic E-state index is 13.7. The number of carbonyl (C=O) groups excluding carboxylic acids is 12. The average Bonchev–Trinajstić information content (AvgIpc) is 1.72. The molecular formula is C106H122Cl2N6O20. The van der Waals surface area contributed by atoms with Crippen molar-refractivity contribution < 1.29 is 96.2 Å². The number of ketones is 3. The van der Waals surface area contributed by atoms with Crippen molar-refractivity contribution in [1.29, 1.82) is 0 Å². The lowest BCUT2D eigenvalue weighted by Crippen LogP contribution is -2.47. The lowest BCUT2D eigenvalue weighted by Gasteiger charge is -2.28. The zero-order chi connectivity index (χ0) is 94.8. The normalized spacial score (nSPS) is 20.5. The number of fused-ring (bicyclic) bond motifs is 3. The monoisotopic (exact) mass is 1870 g/mol. The van der Waals surface area contributed by atoms with Crippen molar-refractivity contribution in [1.82, 2.24) is 30.7 Å². The van der Waals surface area contributed by atoms with Crippen molar-refractivity contribution >= 4 is 93.9 Å². The second kappa shape index (κ2) is 55.6. The van der Waals surface area contributed by atoms with Gasteiger partial charge in [0, 0.05) is 106 Å². The molecule has 0 saturated carbocycles. The Bertz CT molecular complexity index is 5280. The number of hydrogen-bond donors (Lipinski definition) is 5. The molecular weight excluding hydrogens is 1750 g/mol. The molecule has 26 nitrogen and oxygen atoms in total. The molecule has 5 N–H and O–H groups in total. The van der Waals surface area contributed by atoms with Crippen molar-refractivity contribution in [2.45, 2.75) is 160 Å². The standard InChI is InChI=1S/C35H39ClN2O8.C35H37ClN2O6.C35H42N2O6.CH4/c1-45-35(44)28-14-15-33(42)38(17-16-23-8-4-2-5-9-23)21-30(40)31(41)22-46-32-20-26(36)12-13-27(32)29(39)19-25(34(43)37-28)18-24-10-6-3-7-11-24;1-43-35(42)30-16-17-33(40)38(20-18-25-10-4-2-5-11-25)19-8-9-21-44-32-24-28(36)14-15-29(32)31(39)23-27(34(41)37-30)22-26-12-6-3-7-13-26;1-42-35(41)30-18-19-33(39)37(22-20-26-12-4-2-5-13-26)21-10-11-23-43-32-17-9-8-16-29(32)31(38)25-28(34(40)36-30)24-27-14-6-3-7-15-27;/h2-13,20,25,28,30-31,40-41H,14-19,21-22H2,1H3,(H,37,43);2-15,24,27,30H,16-23H2,1H3,(H,37,41);2-7,12-17,28,30H,8-11,18-25H2,1H3,(H,36,40);1H4/b;9-8+;;/t25-,28-,30+,31+;27-,30-;28-,30-;/m000./s1. The number of aliphatic hydroxyl groups excluding tert-OH is 2. The number of esters is 3. The Labute approximate surface area is 794 Å². The molecule has 12 rings (SSSR count). The maximum atomic E-state index is 13.7. The number of β-amino-alcohol motifs (C(OH)–C–C–N with tert-alkyl or cyclic N) is 1. The molecule has 3 heterocycles. The van der Waals surface area contributed by atoms with Crippen LogP contribution in [0.5, 0.6) is 11.5 Å². The first-order valence-electron chi connectivity index (χ1n) is 45.1. The van der Waals surface area contributed by atoms with Gasteiger partial charge in [-0.3, -0.25) is 43.2 Å². The van der Waals surface area contributed by atoms with E-state index in [4.69, 9.17) is 51.6 Å². The van der Waals surface area contributed by atoms with Crippen molar-refractivity contribution in [3.8, 4) is 11.5 Å². The van der Waals surface area contributed by atoms with E-state index in [1.165, 1.54) is 44.4 Å². The maximum Gasteiger partial charge on any atom is 0.328 e. The third kappa shape index (κ3) is 34.0. The molecule has 134 heavy (non-hydrogen) atoms. The van der Waals surface area contributed by atoms with E-state index < -0.39 is 89.5 Å². The number of carbonyl (C=O) groups is 12. The molecule has 8 atom stereocenters. The largest absolute Gasteiger partial charge is 0.493 e. The van der Waals surface area contributed by atoms with Crippen LogP contribution < -0.4 is 25.4 Å². The van der Waals surface area contributed by atoms with Crippen LogP contribution in [0.15, 0.2) is 254 Å². The molecule has 0 radical (unpaired) electrons. The third-order valence-electron chi connectivity index (χ3n) is 23.4. The number of Topliss-reactive ketones (excluding diaryl/α,β-unsaturated/α-hetero) is 3. The highest BCUT2D eigenvalue weighted by molar-refractivity contribution is 6.31. The van der Waals surface area contributed by atoms with E-state index in [-0.39, 0.29) is 150 Å². The number of halogens is 2. The van der Waals surface area contributed by atoms with Gasteiger partial charge in [-0.1, -0.05) is 225 Å². The predicted octanol–water partition coefficient (Wildman–Crippen LogP) is 14.0. The molecule has 8 aromatic carbocycles. The molecule has 28 heteroatoms. The molecule has 0 aromatic heterocycles. The van der Waals surface area contributed by atoms with Gasteiger partial charge in [0.2, 0.25) is 35.4 Å². The Balaban J connectivity index is 0.000000225. The molecule has 0 bridgehead atoms. The molecule has 4 aliphatic rings. The van der Waals surface area contributed by atoms with E-state index in [1.54, 1.807) is 29.2 Å². The van der Waals surface area contributed by atoms with Gasteiger partial charge < -0.3 is 69.3 Å². The van der Waals surface area contributed by atoms with Gasteiger partial charge in [-0.05, 0) is 165 Å². The van der Waals surface area contributed by atoms with Gasteiger partial charge in [0.25, 0.3) is 0 Å². The molecule has 3 aliphatic heterocycles. The number of nitrogens with zero attached hydrogens (tertiary/aromatic N) is 3. The highest BCUT2D eigenvalue weighted by Crippen LogP contribution is 2.32. The number of rotatable bonds is 18. The van der Waals surface area contributed by atoms with Crippen LogP contribution in [0.2, 0.25) is 10.0 Å². The summed E-state index contributed by atoms with van der Waals surface area (Å²) >= 11 is 12.4. The van der Waals surface area contributed by atoms with Gasteiger partial charge in [-0.15, -0.1) is 0 Å². The molecule has 0 spiro atoms. The third-order valence-corrected chi connectivity index (χ3v) is 23.9. The van der Waals surface area contributed by atoms with Crippen LogP contribution in [0.25, 0.3) is 0 Å². The van der Waals surface area contributed by atoms with Crippen LogP contribution in [0.3, 0.4) is 0 Å². The topological polar surface area (TPSA) is 346 Å². The minimum atomic E-state index is -1.42. The number of hydrogen-bond acceptors (Lipinski definition) is 20. The van der Waals surface area contributed by atoms with Crippen LogP contribution in [-0.2, 0) is 105 Å². The average molecular weight is 1870 g/mol. The van der Waals surface area contributed by atoms with E-state index in [0.717, 1.165) is 59.1 Å². The summed E-state index contributed by atoms with van der Waals surface area (Å²) in [6.45, 7) is 2.09. The summed E-state index contributed by atoms with van der Waals surface area (Å²) in [7, 11) is 3.69. The van der Waals surface area contributed by atoms with Crippen LogP contribution in [0.1, 0.15) is 145 Å². The van der Waals surface area contributed by atoms with E-state index >= 15 is 0 Å². The van der Waals surface area contributed by atoms with Gasteiger partial charge in [0.15, 0.2) is 17.3 Å². The van der Waals surface area contributed by atoms with Gasteiger partial charge >= 0.3 is 17.9 Å². The number of aliphatic hydroxyl groups is 2. The first kappa shape index (κ1) is 105. The molecule has 6 amide bonds. The molecule has 0 unspecified atom stereocenters. The fraction of sp³-hybridized carbons (Fsp3) is 0.377. The van der Waals surface area contributed by atoms with Crippen LogP contribution in [-0.4, -0.2) is 206 Å². The van der Waals surface area contributed by atoms with E-state index in [9.17, 15) is 67.7 Å². The first-order chi connectivity index (χ1) is 64.4. The molecule has 710 valence electrons. The Morgan fingerprint density at radius 1 is 0.418 bits per heavy atom. The fourth-order valence-corrected chi connectivity index (χ4v) is 16.2. The minimum Gasteiger partial charge on any atom is -0.493 e. The molecule has 1 saturated heterocycles. The van der Waals surface area contributed by atoms with E-state index in [1.807, 2.05) is 205 Å². The number of benzene rings is 8. The van der Waals surface area contributed by atoms with Crippen LogP contribution in [0.4, 0.5) is 0 Å². The van der Waals surface area contributed by atoms with Crippen molar-refractivity contribution in [3.63, 3.8) is 0 Å². The minimum absolute atomic E-state index is 0. The SMILES string of the molecule is C.COC(=O)[C@@H]1CCC(=O)N(CCc2ccccc2)C/C=C/COc2cc(Cl)ccc2C(=O)C[C@H](Cc2ccccc2)C(=O)N1.COC(=O)[C@@H]1CCC(=O)N(CCc2ccccc2)CCCCOC2=CCCC=C2C(=O)C[C@H](Cc2ccccc2)C(=O)N1.COC(=O)[C@@H]1CCC(=O)N(CCc2ccccc2)C[C@@H](O)[C@H](O)COc2cc(Cl)ccc2C(=O)C[C@H](Cc2ccccc2)C(=O)N1. The number of amides is 6. The number of methoxy groups -OCH3 is 3. The highest BCUT2D eigenvalue weighted by Gasteiger charge is 2.36. The molecule has 8 aromatic rings. The predicted molar refractivity (Wildman–Crippen MR) is 511 cm³/mol. The fourth-order valence-electron chi connectivity index (χ4n) is 15.9. The Morgan fingerprint density at radius 2 is 0.784 bits per heavy atom. The zero-order valence-electron chi connectivity index (χ0n) is 75.4. The summed E-state index contributed by atoms with van der Waals surface area (Å²) in [4.78, 5) is 165. The van der Waals surface area contributed by atoms with Crippen LogP contribution >= 0.6 is 23.2 Å². The van der Waals surface area contributed by atoms with Gasteiger partial charge in [0.05, 0.1) is 44.6 Å². The summed E-state index contributed by atoms with van der Waals surface area (Å²) in [5.74, 6) is -6.42. The second-order valence-corrected chi connectivity index (χ2v) is 33.9. The zero-order valence-corrected chi connectivity index (χ0v) is 76.9. The number of allylic oxidation sites excluding steroid dienone is 3. The quantitative estimate of drug-likeness (QED) is 0.0303. The number of ether oxygens (including phenoxy) is 6. The Kier molecular flexibility index (Phi) is 43.5. The molecule has 1 aliphatic carbocycles. The summed E-state index contributed by atoms with van der Waals surface area (Å²) < 4.78 is 32.7. The Morgan fingerprint density at radius 3 is 1.20 bits per heavy atom. The summed E-state index contributed by atoms with van der Waals surface area (Å²) in [6.07, 6.45) is 9.89. The van der Waals surface area contributed by atoms with E-state index in [2.05, 4.69) is 16.0 Å². The van der Waals surface area contributed by atoms with Crippen molar-refractivity contribution in [2.24, 2.45) is 17.8 Å². The molecule has 1 fully saturated rings. The van der Waals surface area contributed by atoms with Gasteiger partial charge in [-0.25, -0.2) is 14.4 Å². The van der Waals surface area contributed by atoms with Gasteiger partial charge in [0.1, 0.15) is 60.8 Å². The van der Waals surface area contributed by atoms with Crippen LogP contribution in [0, 0.1) is 17.8 Å². The lowest BCUT2D eigenvalue weighted by atomic mass is 9.89. The van der Waals surface area contributed by atoms with Crippen molar-refractivity contribution in [2.75, 3.05) is 80.4 Å². The number of nitrogens with one attached hydrogen (secondary N) is 3. The van der Waals surface area contributed by atoms with Crippen molar-refractivity contribution in [3.05, 3.63) is 309 Å². The first-order valence-corrected chi connectivity index (χ1v) is 45.9.